The van der Waals surface area contributed by atoms with E-state index in [1.807, 2.05) is 54.4 Å². The first-order valence-electron chi connectivity index (χ1n) is 9.21. The third kappa shape index (κ3) is 2.76. The number of para-hydroxylation sites is 1. The molecule has 1 aromatic heterocycles. The first-order valence-corrected chi connectivity index (χ1v) is 9.21. The van der Waals surface area contributed by atoms with Gasteiger partial charge in [0.1, 0.15) is 11.5 Å². The van der Waals surface area contributed by atoms with Gasteiger partial charge in [-0.1, -0.05) is 18.2 Å². The van der Waals surface area contributed by atoms with Gasteiger partial charge in [0.2, 0.25) is 6.23 Å². The molecule has 5 rings (SSSR count). The van der Waals surface area contributed by atoms with Gasteiger partial charge in [0.05, 0.1) is 24.6 Å². The summed E-state index contributed by atoms with van der Waals surface area (Å²) in [6.07, 6.45) is 2.13. The number of benzene rings is 2. The first kappa shape index (κ1) is 16.0. The highest BCUT2D eigenvalue weighted by atomic mass is 16.5. The minimum atomic E-state index is -0.361. The van der Waals surface area contributed by atoms with E-state index >= 15 is 0 Å². The van der Waals surface area contributed by atoms with Crippen LogP contribution in [0, 0.1) is 0 Å². The fraction of sp³-hybridized carbons (Fsp3) is 0.227. The van der Waals surface area contributed by atoms with E-state index in [1.54, 1.807) is 6.26 Å². The Bertz CT molecular complexity index is 963. The Morgan fingerprint density at radius 3 is 2.70 bits per heavy atom. The Kier molecular flexibility index (Phi) is 3.85. The molecule has 0 unspecified atom stereocenters. The van der Waals surface area contributed by atoms with Gasteiger partial charge in [0.15, 0.2) is 5.76 Å². The molecule has 0 bridgehead atoms. The quantitative estimate of drug-likeness (QED) is 0.662. The van der Waals surface area contributed by atoms with Gasteiger partial charge in [-0.3, -0.25) is 0 Å². The van der Waals surface area contributed by atoms with E-state index in [0.717, 1.165) is 40.5 Å². The molecule has 2 aliphatic rings. The molecule has 0 fully saturated rings. The third-order valence-electron chi connectivity index (χ3n) is 4.98. The van der Waals surface area contributed by atoms with Crippen LogP contribution in [0.25, 0.3) is 0 Å². The maximum absolute atomic E-state index is 6.23. The molecule has 2 aromatic carbocycles. The molecule has 0 spiro atoms. The lowest BCUT2D eigenvalue weighted by molar-refractivity contribution is -0.0325. The molecule has 3 aromatic rings. The minimum absolute atomic E-state index is 0.131. The summed E-state index contributed by atoms with van der Waals surface area (Å²) in [6.45, 7) is 2.65. The number of hydrogen-bond acceptors (Lipinski definition) is 5. The van der Waals surface area contributed by atoms with Crippen molar-refractivity contribution in [2.24, 2.45) is 5.10 Å². The van der Waals surface area contributed by atoms with Gasteiger partial charge in [-0.05, 0) is 55.0 Å². The van der Waals surface area contributed by atoms with Crippen molar-refractivity contribution in [3.63, 3.8) is 0 Å². The lowest BCUT2D eigenvalue weighted by Crippen LogP contribution is -2.33. The number of nitrogens with zero attached hydrogens (tertiary/aromatic N) is 2. The van der Waals surface area contributed by atoms with E-state index < -0.39 is 0 Å². The topological polar surface area (TPSA) is 47.2 Å². The molecular formula is C22H20N2O3. The monoisotopic (exact) mass is 360 g/mol. The van der Waals surface area contributed by atoms with E-state index in [1.165, 1.54) is 0 Å². The maximum Gasteiger partial charge on any atom is 0.246 e. The zero-order chi connectivity index (χ0) is 18.2. The highest BCUT2D eigenvalue weighted by molar-refractivity contribution is 6.02. The van der Waals surface area contributed by atoms with Crippen LogP contribution in [0.15, 0.2) is 76.4 Å². The molecule has 0 saturated carbocycles. The number of hydrogen-bond donors (Lipinski definition) is 0. The van der Waals surface area contributed by atoms with Crippen molar-refractivity contribution in [1.29, 1.82) is 0 Å². The Balaban J connectivity index is 1.52. The summed E-state index contributed by atoms with van der Waals surface area (Å²) in [5.74, 6) is 2.52. The van der Waals surface area contributed by atoms with Gasteiger partial charge in [-0.2, -0.15) is 5.10 Å². The SMILES string of the molecule is CCOc1ccc(C2=NN3[C@@H](C2)c2ccccc2O[C@H]3c2ccco2)cc1. The molecule has 5 heteroatoms. The molecule has 136 valence electrons. The highest BCUT2D eigenvalue weighted by Crippen LogP contribution is 2.47. The van der Waals surface area contributed by atoms with Crippen LogP contribution in [-0.4, -0.2) is 17.3 Å². The second-order valence-corrected chi connectivity index (χ2v) is 6.63. The number of rotatable bonds is 4. The second kappa shape index (κ2) is 6.50. The lowest BCUT2D eigenvalue weighted by Gasteiger charge is -2.36. The van der Waals surface area contributed by atoms with Crippen LogP contribution in [0.1, 0.15) is 42.5 Å². The summed E-state index contributed by atoms with van der Waals surface area (Å²) in [5, 5.41) is 6.94. The van der Waals surface area contributed by atoms with Crippen LogP contribution in [0.5, 0.6) is 11.5 Å². The Labute approximate surface area is 157 Å². The maximum atomic E-state index is 6.23. The Morgan fingerprint density at radius 1 is 1.07 bits per heavy atom. The van der Waals surface area contributed by atoms with E-state index in [9.17, 15) is 0 Å². The summed E-state index contributed by atoms with van der Waals surface area (Å²) in [7, 11) is 0. The van der Waals surface area contributed by atoms with Gasteiger partial charge in [-0.15, -0.1) is 0 Å². The van der Waals surface area contributed by atoms with Gasteiger partial charge in [0.25, 0.3) is 0 Å². The molecule has 0 amide bonds. The largest absolute Gasteiger partial charge is 0.494 e. The van der Waals surface area contributed by atoms with E-state index in [4.69, 9.17) is 19.0 Å². The molecule has 27 heavy (non-hydrogen) atoms. The van der Waals surface area contributed by atoms with Crippen LogP contribution in [0.2, 0.25) is 0 Å². The Hall–Kier alpha value is -3.21. The second-order valence-electron chi connectivity index (χ2n) is 6.63. The molecule has 0 aliphatic carbocycles. The van der Waals surface area contributed by atoms with Crippen LogP contribution >= 0.6 is 0 Å². The smallest absolute Gasteiger partial charge is 0.246 e. The van der Waals surface area contributed by atoms with Crippen molar-refractivity contribution >= 4 is 5.71 Å². The van der Waals surface area contributed by atoms with E-state index in [2.05, 4.69) is 18.2 Å². The zero-order valence-corrected chi connectivity index (χ0v) is 15.0. The Morgan fingerprint density at radius 2 is 1.93 bits per heavy atom. The van der Waals surface area contributed by atoms with Crippen LogP contribution < -0.4 is 9.47 Å². The number of ether oxygens (including phenoxy) is 2. The van der Waals surface area contributed by atoms with Gasteiger partial charge < -0.3 is 13.9 Å². The molecule has 0 N–H and O–H groups in total. The van der Waals surface area contributed by atoms with Crippen molar-refractivity contribution in [3.05, 3.63) is 83.8 Å². The molecule has 0 radical (unpaired) electrons. The van der Waals surface area contributed by atoms with Gasteiger partial charge >= 0.3 is 0 Å². The average molecular weight is 360 g/mol. The molecule has 5 nitrogen and oxygen atoms in total. The number of hydrazone groups is 1. The molecular weight excluding hydrogens is 340 g/mol. The minimum Gasteiger partial charge on any atom is -0.494 e. The summed E-state index contributed by atoms with van der Waals surface area (Å²) in [4.78, 5) is 0. The predicted octanol–water partition coefficient (Wildman–Crippen LogP) is 4.92. The van der Waals surface area contributed by atoms with Crippen molar-refractivity contribution in [3.8, 4) is 11.5 Å². The number of furan rings is 1. The standard InChI is InChI=1S/C22H20N2O3/c1-2-25-16-11-9-15(10-12-16)18-14-19-17-6-3-4-7-20(17)27-22(24(19)23-18)21-8-5-13-26-21/h3-13,19,22H,2,14H2,1H3/t19-,22-/m0/s1. The van der Waals surface area contributed by atoms with Crippen molar-refractivity contribution in [2.45, 2.75) is 25.6 Å². The predicted molar refractivity (Wildman–Crippen MR) is 102 cm³/mol. The highest BCUT2D eigenvalue weighted by Gasteiger charge is 2.41. The van der Waals surface area contributed by atoms with E-state index in [0.29, 0.717) is 6.61 Å². The van der Waals surface area contributed by atoms with Gasteiger partial charge in [-0.25, -0.2) is 5.01 Å². The summed E-state index contributed by atoms with van der Waals surface area (Å²) < 4.78 is 17.4. The molecule has 2 aliphatic heterocycles. The fourth-order valence-electron chi connectivity index (χ4n) is 3.74. The van der Waals surface area contributed by atoms with Crippen LogP contribution in [-0.2, 0) is 0 Å². The summed E-state index contributed by atoms with van der Waals surface area (Å²) in [6, 6.07) is 20.2. The zero-order valence-electron chi connectivity index (χ0n) is 15.0. The fourth-order valence-corrected chi connectivity index (χ4v) is 3.74. The van der Waals surface area contributed by atoms with Crippen molar-refractivity contribution in [2.75, 3.05) is 6.61 Å². The van der Waals surface area contributed by atoms with Crippen LogP contribution in [0.4, 0.5) is 0 Å². The summed E-state index contributed by atoms with van der Waals surface area (Å²) in [5.41, 5.74) is 3.30. The average Bonchev–Trinajstić information content (AvgIpc) is 3.39. The van der Waals surface area contributed by atoms with Gasteiger partial charge in [0, 0.05) is 12.0 Å². The van der Waals surface area contributed by atoms with Crippen molar-refractivity contribution in [1.82, 2.24) is 5.01 Å². The molecule has 3 heterocycles. The first-order chi connectivity index (χ1) is 13.3. The van der Waals surface area contributed by atoms with Crippen molar-refractivity contribution < 1.29 is 13.9 Å². The normalized spacial score (nSPS) is 20.5. The van der Waals surface area contributed by atoms with Crippen LogP contribution in [0.3, 0.4) is 0 Å². The van der Waals surface area contributed by atoms with E-state index in [-0.39, 0.29) is 12.3 Å². The molecule has 2 atom stereocenters. The lowest BCUT2D eigenvalue weighted by atomic mass is 9.96. The summed E-state index contributed by atoms with van der Waals surface area (Å²) >= 11 is 0. The third-order valence-corrected chi connectivity index (χ3v) is 4.98. The molecule has 0 saturated heterocycles. The number of fused-ring (bicyclic) bond motifs is 3.